The van der Waals surface area contributed by atoms with E-state index < -0.39 is 5.60 Å². The van der Waals surface area contributed by atoms with Crippen LogP contribution in [0.25, 0.3) is 0 Å². The van der Waals surface area contributed by atoms with Crippen molar-refractivity contribution in [2.45, 2.75) is 65.0 Å². The van der Waals surface area contributed by atoms with Crippen molar-refractivity contribution < 1.29 is 14.3 Å². The molecule has 156 valence electrons. The first-order valence-corrected chi connectivity index (χ1v) is 10.6. The number of piperidine rings is 1. The average molecular weight is 409 g/mol. The van der Waals surface area contributed by atoms with Gasteiger partial charge in [-0.15, -0.1) is 0 Å². The lowest BCUT2D eigenvalue weighted by molar-refractivity contribution is 0.0179. The van der Waals surface area contributed by atoms with E-state index in [1.165, 1.54) is 0 Å². The molecule has 0 unspecified atom stereocenters. The number of carbonyl (C=O) groups excluding carboxylic acids is 1. The molecular formula is C20H32N4O3S. The van der Waals surface area contributed by atoms with Gasteiger partial charge in [-0.1, -0.05) is 12.8 Å². The maximum absolute atomic E-state index is 12.1. The molecule has 0 saturated carbocycles. The summed E-state index contributed by atoms with van der Waals surface area (Å²) in [6.45, 7) is 9.56. The maximum Gasteiger partial charge on any atom is 0.410 e. The van der Waals surface area contributed by atoms with Crippen molar-refractivity contribution in [3.8, 4) is 6.01 Å². The first-order chi connectivity index (χ1) is 13.3. The summed E-state index contributed by atoms with van der Waals surface area (Å²) in [6.07, 6.45) is 6.66. The molecule has 1 amide bonds. The van der Waals surface area contributed by atoms with Crippen LogP contribution in [0, 0.1) is 5.92 Å². The SMILES string of the molecule is CC(C)(C)OC(=O)N1CCC(CCCOc2ncc3c(n2)CCN(S)C3)CC1. The molecular weight excluding hydrogens is 376 g/mol. The lowest BCUT2D eigenvalue weighted by atomic mass is 9.92. The quantitative estimate of drug-likeness (QED) is 0.594. The van der Waals surface area contributed by atoms with Gasteiger partial charge in [0, 0.05) is 44.4 Å². The zero-order chi connectivity index (χ0) is 20.1. The number of thiol groups is 1. The minimum absolute atomic E-state index is 0.195. The second-order valence-electron chi connectivity index (χ2n) is 8.66. The lowest BCUT2D eigenvalue weighted by Crippen LogP contribution is -2.41. The van der Waals surface area contributed by atoms with Crippen LogP contribution in [0.1, 0.15) is 57.7 Å². The van der Waals surface area contributed by atoms with Gasteiger partial charge in [0.25, 0.3) is 0 Å². The molecule has 0 aromatic carbocycles. The van der Waals surface area contributed by atoms with E-state index in [1.807, 2.05) is 36.2 Å². The first-order valence-electron chi connectivity index (χ1n) is 10.2. The highest BCUT2D eigenvalue weighted by Gasteiger charge is 2.26. The van der Waals surface area contributed by atoms with Crippen LogP contribution in [0.4, 0.5) is 4.79 Å². The molecule has 2 aliphatic rings. The van der Waals surface area contributed by atoms with E-state index >= 15 is 0 Å². The highest BCUT2D eigenvalue weighted by Crippen LogP contribution is 2.24. The third kappa shape index (κ3) is 6.24. The fraction of sp³-hybridized carbons (Fsp3) is 0.750. The van der Waals surface area contributed by atoms with Crippen LogP contribution in [0.2, 0.25) is 0 Å². The van der Waals surface area contributed by atoms with Gasteiger partial charge in [-0.3, -0.25) is 0 Å². The fourth-order valence-corrected chi connectivity index (χ4v) is 3.87. The molecule has 7 nitrogen and oxygen atoms in total. The van der Waals surface area contributed by atoms with Crippen molar-refractivity contribution in [2.75, 3.05) is 26.2 Å². The van der Waals surface area contributed by atoms with Gasteiger partial charge in [0.2, 0.25) is 0 Å². The zero-order valence-corrected chi connectivity index (χ0v) is 18.1. The number of fused-ring (bicyclic) bond motifs is 1. The van der Waals surface area contributed by atoms with E-state index in [4.69, 9.17) is 9.47 Å². The summed E-state index contributed by atoms with van der Waals surface area (Å²) in [5.74, 6) is 0.633. The van der Waals surface area contributed by atoms with Crippen LogP contribution >= 0.6 is 12.8 Å². The summed E-state index contributed by atoms with van der Waals surface area (Å²) < 4.78 is 13.2. The Balaban J connectivity index is 1.34. The lowest BCUT2D eigenvalue weighted by Gasteiger charge is -2.33. The standard InChI is InChI=1S/C20H32N4O3S/c1-20(2,3)27-19(25)23-9-6-15(7-10-23)5-4-12-26-18-21-13-16-14-24(28)11-8-17(16)22-18/h13,15,28H,4-12,14H2,1-3H3. The summed E-state index contributed by atoms with van der Waals surface area (Å²) >= 11 is 4.38. The second kappa shape index (κ2) is 9.31. The van der Waals surface area contributed by atoms with Gasteiger partial charge >= 0.3 is 12.1 Å². The Hall–Kier alpha value is -1.54. The minimum Gasteiger partial charge on any atom is -0.463 e. The molecule has 0 radical (unpaired) electrons. The number of amides is 1. The molecule has 8 heteroatoms. The monoisotopic (exact) mass is 408 g/mol. The molecule has 1 aromatic heterocycles. The summed E-state index contributed by atoms with van der Waals surface area (Å²) in [5, 5.41) is 0. The largest absolute Gasteiger partial charge is 0.463 e. The number of ether oxygens (including phenoxy) is 2. The molecule has 0 aliphatic carbocycles. The predicted molar refractivity (Wildman–Crippen MR) is 110 cm³/mol. The van der Waals surface area contributed by atoms with E-state index in [0.29, 0.717) is 18.5 Å². The third-order valence-electron chi connectivity index (χ3n) is 5.15. The Labute approximate surface area is 173 Å². The molecule has 1 saturated heterocycles. The van der Waals surface area contributed by atoms with Crippen LogP contribution in [0.3, 0.4) is 0 Å². The normalized spacial score (nSPS) is 18.6. The van der Waals surface area contributed by atoms with Gasteiger partial charge in [0.15, 0.2) is 0 Å². The fourth-order valence-electron chi connectivity index (χ4n) is 3.62. The summed E-state index contributed by atoms with van der Waals surface area (Å²) in [7, 11) is 0. The number of hydrogen-bond acceptors (Lipinski definition) is 7. The third-order valence-corrected chi connectivity index (χ3v) is 5.49. The van der Waals surface area contributed by atoms with E-state index in [1.54, 1.807) is 0 Å². The molecule has 1 fully saturated rings. The molecule has 3 heterocycles. The van der Waals surface area contributed by atoms with Crippen molar-refractivity contribution in [1.82, 2.24) is 19.2 Å². The van der Waals surface area contributed by atoms with E-state index in [0.717, 1.165) is 69.5 Å². The van der Waals surface area contributed by atoms with E-state index in [9.17, 15) is 4.79 Å². The summed E-state index contributed by atoms with van der Waals surface area (Å²) in [6, 6.07) is 0.478. The van der Waals surface area contributed by atoms with Gasteiger partial charge in [0.05, 0.1) is 12.3 Å². The van der Waals surface area contributed by atoms with E-state index in [2.05, 4.69) is 22.8 Å². The predicted octanol–water partition coefficient (Wildman–Crippen LogP) is 3.49. The van der Waals surface area contributed by atoms with Crippen molar-refractivity contribution in [2.24, 2.45) is 5.92 Å². The zero-order valence-electron chi connectivity index (χ0n) is 17.2. The van der Waals surface area contributed by atoms with Crippen LogP contribution in [-0.2, 0) is 17.7 Å². The molecule has 0 atom stereocenters. The number of aromatic nitrogens is 2. The van der Waals surface area contributed by atoms with Crippen molar-refractivity contribution >= 4 is 18.9 Å². The number of carbonyl (C=O) groups is 1. The molecule has 0 spiro atoms. The van der Waals surface area contributed by atoms with E-state index in [-0.39, 0.29) is 6.09 Å². The molecule has 2 aliphatic heterocycles. The Morgan fingerprint density at radius 3 is 2.75 bits per heavy atom. The Morgan fingerprint density at radius 2 is 2.04 bits per heavy atom. The maximum atomic E-state index is 12.1. The molecule has 28 heavy (non-hydrogen) atoms. The highest BCUT2D eigenvalue weighted by atomic mass is 32.1. The molecule has 0 bridgehead atoms. The van der Waals surface area contributed by atoms with Gasteiger partial charge in [-0.05, 0) is 52.4 Å². The topological polar surface area (TPSA) is 67.8 Å². The Morgan fingerprint density at radius 1 is 1.29 bits per heavy atom. The molecule has 1 aromatic rings. The number of hydrogen-bond donors (Lipinski definition) is 1. The number of nitrogens with zero attached hydrogens (tertiary/aromatic N) is 4. The Kier molecular flexibility index (Phi) is 7.04. The number of rotatable bonds is 5. The minimum atomic E-state index is -0.434. The van der Waals surface area contributed by atoms with Gasteiger partial charge in [-0.25, -0.2) is 14.1 Å². The van der Waals surface area contributed by atoms with Gasteiger partial charge < -0.3 is 14.4 Å². The molecule has 3 rings (SSSR count). The first kappa shape index (κ1) is 21.2. The smallest absolute Gasteiger partial charge is 0.410 e. The van der Waals surface area contributed by atoms with Gasteiger partial charge in [0.1, 0.15) is 5.60 Å². The average Bonchev–Trinajstić information content (AvgIpc) is 2.64. The summed E-state index contributed by atoms with van der Waals surface area (Å²) in [4.78, 5) is 22.8. The van der Waals surface area contributed by atoms with Crippen LogP contribution in [-0.4, -0.2) is 57.1 Å². The van der Waals surface area contributed by atoms with Gasteiger partial charge in [-0.2, -0.15) is 4.98 Å². The molecule has 0 N–H and O–H groups in total. The number of likely N-dealkylation sites (tertiary alicyclic amines) is 1. The highest BCUT2D eigenvalue weighted by molar-refractivity contribution is 7.77. The van der Waals surface area contributed by atoms with Crippen LogP contribution in [0.5, 0.6) is 6.01 Å². The van der Waals surface area contributed by atoms with Crippen molar-refractivity contribution in [1.29, 1.82) is 0 Å². The van der Waals surface area contributed by atoms with Crippen LogP contribution < -0.4 is 4.74 Å². The second-order valence-corrected chi connectivity index (χ2v) is 9.23. The summed E-state index contributed by atoms with van der Waals surface area (Å²) in [5.41, 5.74) is 1.77. The van der Waals surface area contributed by atoms with Crippen molar-refractivity contribution in [3.05, 3.63) is 17.5 Å². The van der Waals surface area contributed by atoms with Crippen LogP contribution in [0.15, 0.2) is 6.20 Å². The van der Waals surface area contributed by atoms with Crippen molar-refractivity contribution in [3.63, 3.8) is 0 Å². The Bertz CT molecular complexity index is 672.